The summed E-state index contributed by atoms with van der Waals surface area (Å²) >= 11 is 0. The van der Waals surface area contributed by atoms with E-state index in [1.807, 2.05) is 6.07 Å². The summed E-state index contributed by atoms with van der Waals surface area (Å²) in [7, 11) is 3.60. The minimum atomic E-state index is -0.246. The van der Waals surface area contributed by atoms with E-state index in [2.05, 4.69) is 30.1 Å². The van der Waals surface area contributed by atoms with Crippen LogP contribution in [0, 0.1) is 5.92 Å². The van der Waals surface area contributed by atoms with Gasteiger partial charge in [0.2, 0.25) is 0 Å². The summed E-state index contributed by atoms with van der Waals surface area (Å²) in [5.41, 5.74) is 3.79. The Balaban J connectivity index is 2.05. The highest BCUT2D eigenvalue weighted by Gasteiger charge is 2.39. The first kappa shape index (κ1) is 12.4. The fourth-order valence-corrected chi connectivity index (χ4v) is 3.46. The highest BCUT2D eigenvalue weighted by molar-refractivity contribution is 5.94. The average Bonchev–Trinajstić information content (AvgIpc) is 2.73. The SMILES string of the molecule is COC(=O)/C=C1\c2ccccc2[C@@H]2CN(C)CC[C@H]12. The predicted molar refractivity (Wildman–Crippen MR) is 74.8 cm³/mol. The van der Waals surface area contributed by atoms with Gasteiger partial charge in [0.15, 0.2) is 0 Å². The Hall–Kier alpha value is -1.61. The molecule has 0 amide bonds. The lowest BCUT2D eigenvalue weighted by Gasteiger charge is -2.33. The maximum absolute atomic E-state index is 11.6. The number of hydrogen-bond donors (Lipinski definition) is 0. The smallest absolute Gasteiger partial charge is 0.330 e. The molecule has 3 heteroatoms. The van der Waals surface area contributed by atoms with Gasteiger partial charge in [-0.25, -0.2) is 4.79 Å². The first-order chi connectivity index (χ1) is 9.20. The molecule has 2 atom stereocenters. The number of carbonyl (C=O) groups is 1. The van der Waals surface area contributed by atoms with Gasteiger partial charge in [-0.1, -0.05) is 24.3 Å². The molecule has 1 heterocycles. The van der Waals surface area contributed by atoms with Crippen LogP contribution in [0.15, 0.2) is 30.3 Å². The molecule has 1 aliphatic carbocycles. The Labute approximate surface area is 113 Å². The highest BCUT2D eigenvalue weighted by atomic mass is 16.5. The highest BCUT2D eigenvalue weighted by Crippen LogP contribution is 2.49. The van der Waals surface area contributed by atoms with E-state index < -0.39 is 0 Å². The molecular weight excluding hydrogens is 238 g/mol. The second-order valence-electron chi connectivity index (χ2n) is 5.47. The third kappa shape index (κ3) is 2.08. The summed E-state index contributed by atoms with van der Waals surface area (Å²) in [4.78, 5) is 14.0. The maximum Gasteiger partial charge on any atom is 0.330 e. The topological polar surface area (TPSA) is 29.5 Å². The number of ether oxygens (including phenoxy) is 1. The van der Waals surface area contributed by atoms with Crippen LogP contribution in [0.5, 0.6) is 0 Å². The first-order valence-corrected chi connectivity index (χ1v) is 6.78. The number of esters is 1. The second kappa shape index (κ2) is 4.82. The number of nitrogens with zero attached hydrogens (tertiary/aromatic N) is 1. The summed E-state index contributed by atoms with van der Waals surface area (Å²) < 4.78 is 4.80. The molecule has 19 heavy (non-hydrogen) atoms. The third-order valence-corrected chi connectivity index (χ3v) is 4.36. The first-order valence-electron chi connectivity index (χ1n) is 6.78. The summed E-state index contributed by atoms with van der Waals surface area (Å²) in [5.74, 6) is 0.739. The quantitative estimate of drug-likeness (QED) is 0.571. The fraction of sp³-hybridized carbons (Fsp3) is 0.438. The molecule has 1 saturated heterocycles. The van der Waals surface area contributed by atoms with Gasteiger partial charge < -0.3 is 9.64 Å². The molecule has 0 unspecified atom stereocenters. The maximum atomic E-state index is 11.6. The van der Waals surface area contributed by atoms with Crippen molar-refractivity contribution in [2.45, 2.75) is 12.3 Å². The Morgan fingerprint density at radius 1 is 1.37 bits per heavy atom. The van der Waals surface area contributed by atoms with Crippen molar-refractivity contribution in [3.05, 3.63) is 41.5 Å². The zero-order chi connectivity index (χ0) is 13.4. The van der Waals surface area contributed by atoms with E-state index in [0.29, 0.717) is 11.8 Å². The third-order valence-electron chi connectivity index (χ3n) is 4.36. The van der Waals surface area contributed by atoms with Crippen molar-refractivity contribution in [3.8, 4) is 0 Å². The molecular formula is C16H19NO2. The van der Waals surface area contributed by atoms with Crippen LogP contribution in [0.3, 0.4) is 0 Å². The molecule has 0 N–H and O–H groups in total. The van der Waals surface area contributed by atoms with Gasteiger partial charge in [0.05, 0.1) is 7.11 Å². The van der Waals surface area contributed by atoms with Crippen LogP contribution in [-0.2, 0) is 9.53 Å². The van der Waals surface area contributed by atoms with Crippen molar-refractivity contribution < 1.29 is 9.53 Å². The van der Waals surface area contributed by atoms with Crippen LogP contribution in [0.25, 0.3) is 5.57 Å². The summed E-state index contributed by atoms with van der Waals surface area (Å²) in [6.45, 7) is 2.16. The number of methoxy groups -OCH3 is 1. The van der Waals surface area contributed by atoms with Crippen molar-refractivity contribution >= 4 is 11.5 Å². The van der Waals surface area contributed by atoms with Gasteiger partial charge >= 0.3 is 5.97 Å². The Morgan fingerprint density at radius 2 is 2.16 bits per heavy atom. The van der Waals surface area contributed by atoms with E-state index in [4.69, 9.17) is 4.74 Å². The van der Waals surface area contributed by atoms with Crippen molar-refractivity contribution in [1.82, 2.24) is 4.90 Å². The lowest BCUT2D eigenvalue weighted by molar-refractivity contribution is -0.134. The predicted octanol–water partition coefficient (Wildman–Crippen LogP) is 2.29. The molecule has 3 rings (SSSR count). The van der Waals surface area contributed by atoms with Crippen LogP contribution in [-0.4, -0.2) is 38.1 Å². The van der Waals surface area contributed by atoms with E-state index in [-0.39, 0.29) is 5.97 Å². The zero-order valence-corrected chi connectivity index (χ0v) is 11.4. The normalized spacial score (nSPS) is 28.0. The Kier molecular flexibility index (Phi) is 3.15. The largest absolute Gasteiger partial charge is 0.466 e. The molecule has 1 fully saturated rings. The number of carbonyl (C=O) groups excluding carboxylic acids is 1. The van der Waals surface area contributed by atoms with Crippen molar-refractivity contribution in [2.75, 3.05) is 27.2 Å². The molecule has 0 saturated carbocycles. The monoisotopic (exact) mass is 257 g/mol. The summed E-state index contributed by atoms with van der Waals surface area (Å²) in [6.07, 6.45) is 2.80. The average molecular weight is 257 g/mol. The van der Waals surface area contributed by atoms with Crippen LogP contribution >= 0.6 is 0 Å². The van der Waals surface area contributed by atoms with Crippen LogP contribution < -0.4 is 0 Å². The van der Waals surface area contributed by atoms with Crippen LogP contribution in [0.2, 0.25) is 0 Å². The number of fused-ring (bicyclic) bond motifs is 3. The summed E-state index contributed by atoms with van der Waals surface area (Å²) in [5, 5.41) is 0. The number of rotatable bonds is 1. The van der Waals surface area contributed by atoms with Gasteiger partial charge in [-0.05, 0) is 42.6 Å². The fourth-order valence-electron chi connectivity index (χ4n) is 3.46. The van der Waals surface area contributed by atoms with Crippen LogP contribution in [0.4, 0.5) is 0 Å². The number of likely N-dealkylation sites (N-methyl/N-ethyl adjacent to an activating group) is 1. The molecule has 0 aromatic heterocycles. The van der Waals surface area contributed by atoms with Crippen molar-refractivity contribution in [2.24, 2.45) is 5.92 Å². The number of benzene rings is 1. The van der Waals surface area contributed by atoms with Gasteiger partial charge in [0.25, 0.3) is 0 Å². The van der Waals surface area contributed by atoms with E-state index in [0.717, 1.165) is 19.5 Å². The Bertz CT molecular complexity index is 535. The number of likely N-dealkylation sites (tertiary alicyclic amines) is 1. The van der Waals surface area contributed by atoms with Gasteiger partial charge in [-0.2, -0.15) is 0 Å². The van der Waals surface area contributed by atoms with E-state index in [9.17, 15) is 4.79 Å². The molecule has 2 aliphatic rings. The molecule has 0 radical (unpaired) electrons. The van der Waals surface area contributed by atoms with Gasteiger partial charge in [-0.15, -0.1) is 0 Å². The van der Waals surface area contributed by atoms with Crippen molar-refractivity contribution in [3.63, 3.8) is 0 Å². The molecule has 3 nitrogen and oxygen atoms in total. The Morgan fingerprint density at radius 3 is 2.95 bits per heavy atom. The van der Waals surface area contributed by atoms with Gasteiger partial charge in [-0.3, -0.25) is 0 Å². The zero-order valence-electron chi connectivity index (χ0n) is 11.4. The van der Waals surface area contributed by atoms with Crippen LogP contribution in [0.1, 0.15) is 23.5 Å². The van der Waals surface area contributed by atoms with E-state index in [1.165, 1.54) is 23.8 Å². The molecule has 1 aliphatic heterocycles. The number of hydrogen-bond acceptors (Lipinski definition) is 3. The van der Waals surface area contributed by atoms with Gasteiger partial charge in [0, 0.05) is 18.5 Å². The number of piperidine rings is 1. The molecule has 0 bridgehead atoms. The standard InChI is InChI=1S/C16H19NO2/c1-17-8-7-13-14(9-16(18)19-2)11-5-3-4-6-12(11)15(13)10-17/h3-6,9,13,15H,7-8,10H2,1-2H3/b14-9+/t13-,15+/m1/s1. The second-order valence-corrected chi connectivity index (χ2v) is 5.47. The van der Waals surface area contributed by atoms with E-state index in [1.54, 1.807) is 6.08 Å². The lowest BCUT2D eigenvalue weighted by atomic mass is 9.84. The number of allylic oxidation sites excluding steroid dienone is 1. The minimum Gasteiger partial charge on any atom is -0.466 e. The molecule has 1 aromatic carbocycles. The minimum absolute atomic E-state index is 0.246. The van der Waals surface area contributed by atoms with Crippen molar-refractivity contribution in [1.29, 1.82) is 0 Å². The van der Waals surface area contributed by atoms with Gasteiger partial charge in [0.1, 0.15) is 0 Å². The molecule has 100 valence electrons. The van der Waals surface area contributed by atoms with E-state index >= 15 is 0 Å². The summed E-state index contributed by atoms with van der Waals surface area (Å²) in [6, 6.07) is 8.46. The molecule has 1 aromatic rings. The lowest BCUT2D eigenvalue weighted by Crippen LogP contribution is -2.34. The molecule has 0 spiro atoms.